The third-order valence-electron chi connectivity index (χ3n) is 5.51. The van der Waals surface area contributed by atoms with Crippen molar-refractivity contribution in [2.75, 3.05) is 13.7 Å². The van der Waals surface area contributed by atoms with Crippen LogP contribution in [0.1, 0.15) is 45.3 Å². The fraction of sp³-hybridized carbons (Fsp3) is 0.522. The maximum Gasteiger partial charge on any atom is 0.509 e. The molecular formula is C23H27FN2O7. The number of hydrogen-bond donors (Lipinski definition) is 1. The normalized spacial score (nSPS) is 25.3. The fourth-order valence-corrected chi connectivity index (χ4v) is 4.07. The zero-order chi connectivity index (χ0) is 23.8. The molecule has 2 fully saturated rings. The van der Waals surface area contributed by atoms with Crippen molar-refractivity contribution in [2.24, 2.45) is 0 Å². The Hall–Kier alpha value is -3.14. The molecule has 0 radical (unpaired) electrons. The second-order valence-corrected chi connectivity index (χ2v) is 9.07. The molecule has 2 aromatic rings. The highest BCUT2D eigenvalue weighted by Crippen LogP contribution is 2.40. The van der Waals surface area contributed by atoms with E-state index < -0.39 is 42.0 Å². The number of carbonyl (C=O) groups excluding carboxylic acids is 2. The summed E-state index contributed by atoms with van der Waals surface area (Å²) in [6.45, 7) is 5.54. The Morgan fingerprint density at radius 1 is 1.24 bits per heavy atom. The van der Waals surface area contributed by atoms with Crippen LogP contribution >= 0.6 is 0 Å². The third kappa shape index (κ3) is 5.11. The van der Waals surface area contributed by atoms with Gasteiger partial charge in [-0.2, -0.15) is 0 Å². The van der Waals surface area contributed by atoms with Gasteiger partial charge in [0.25, 0.3) is 0 Å². The second kappa shape index (κ2) is 9.01. The van der Waals surface area contributed by atoms with Gasteiger partial charge in [-0.15, -0.1) is 0 Å². The van der Waals surface area contributed by atoms with Crippen LogP contribution in [-0.2, 0) is 18.9 Å². The number of rotatable bonds is 4. The van der Waals surface area contributed by atoms with Gasteiger partial charge < -0.3 is 29.0 Å². The fourth-order valence-electron chi connectivity index (χ4n) is 4.07. The molecule has 1 amide bonds. The van der Waals surface area contributed by atoms with Gasteiger partial charge >= 0.3 is 12.2 Å². The summed E-state index contributed by atoms with van der Waals surface area (Å²) in [7, 11) is 1.51. The van der Waals surface area contributed by atoms with E-state index in [0.717, 1.165) is 6.20 Å². The second-order valence-electron chi connectivity index (χ2n) is 9.07. The number of nitrogens with one attached hydrogen (secondary N) is 1. The van der Waals surface area contributed by atoms with Crippen LogP contribution in [-0.4, -0.2) is 54.8 Å². The van der Waals surface area contributed by atoms with Crippen molar-refractivity contribution in [3.8, 4) is 5.75 Å². The largest absolute Gasteiger partial charge is 0.509 e. The molecule has 0 aliphatic carbocycles. The van der Waals surface area contributed by atoms with Gasteiger partial charge in [0, 0.05) is 10.9 Å². The Kier molecular flexibility index (Phi) is 6.29. The van der Waals surface area contributed by atoms with E-state index >= 15 is 0 Å². The quantitative estimate of drug-likeness (QED) is 0.679. The monoisotopic (exact) mass is 462 g/mol. The van der Waals surface area contributed by atoms with Crippen LogP contribution in [0.2, 0.25) is 0 Å². The molecule has 2 saturated heterocycles. The van der Waals surface area contributed by atoms with E-state index in [4.69, 9.17) is 23.7 Å². The molecule has 0 spiro atoms. The molecule has 1 aromatic carbocycles. The minimum absolute atomic E-state index is 0.160. The first-order chi connectivity index (χ1) is 15.6. The Morgan fingerprint density at radius 2 is 2.03 bits per heavy atom. The summed E-state index contributed by atoms with van der Waals surface area (Å²) >= 11 is 0. The molecule has 2 aliphatic heterocycles. The molecule has 3 heterocycles. The zero-order valence-electron chi connectivity index (χ0n) is 18.9. The van der Waals surface area contributed by atoms with Crippen LogP contribution in [0.15, 0.2) is 24.4 Å². The summed E-state index contributed by atoms with van der Waals surface area (Å²) in [5.74, 6) is -0.104. The summed E-state index contributed by atoms with van der Waals surface area (Å²) < 4.78 is 42.2. The van der Waals surface area contributed by atoms with Crippen molar-refractivity contribution < 1.29 is 37.7 Å². The number of pyridine rings is 1. The van der Waals surface area contributed by atoms with Crippen LogP contribution in [0, 0.1) is 5.82 Å². The average Bonchev–Trinajstić information content (AvgIpc) is 3.13. The van der Waals surface area contributed by atoms with Crippen LogP contribution in [0.25, 0.3) is 10.9 Å². The van der Waals surface area contributed by atoms with E-state index in [0.29, 0.717) is 29.5 Å². The number of fused-ring (bicyclic) bond motifs is 1. The summed E-state index contributed by atoms with van der Waals surface area (Å²) in [4.78, 5) is 28.2. The van der Waals surface area contributed by atoms with Crippen LogP contribution in [0.5, 0.6) is 5.75 Å². The summed E-state index contributed by atoms with van der Waals surface area (Å²) in [6, 6.07) is 4.81. The Morgan fingerprint density at radius 3 is 2.70 bits per heavy atom. The Bertz CT molecular complexity index is 1050. The first kappa shape index (κ1) is 23.0. The highest BCUT2D eigenvalue weighted by Gasteiger charge is 2.46. The molecule has 1 N–H and O–H groups in total. The number of cyclic esters (lactones) is 2. The minimum Gasteiger partial charge on any atom is -0.497 e. The first-order valence-corrected chi connectivity index (χ1v) is 10.7. The van der Waals surface area contributed by atoms with Crippen molar-refractivity contribution in [2.45, 2.75) is 63.6 Å². The predicted molar refractivity (Wildman–Crippen MR) is 114 cm³/mol. The van der Waals surface area contributed by atoms with E-state index in [1.165, 1.54) is 7.11 Å². The SMILES string of the molecule is COc1ccc2ncc(F)c(C3OC(=O)OC3[C@@H]3CC[C@@H](NC(=O)OC(C)(C)C)CO3)c2c1. The van der Waals surface area contributed by atoms with Gasteiger partial charge in [0.15, 0.2) is 12.2 Å². The lowest BCUT2D eigenvalue weighted by molar-refractivity contribution is -0.0747. The zero-order valence-corrected chi connectivity index (χ0v) is 18.9. The topological polar surface area (TPSA) is 105 Å². The number of methoxy groups -OCH3 is 1. The van der Waals surface area contributed by atoms with Gasteiger partial charge in [-0.05, 0) is 51.8 Å². The molecule has 2 aliphatic rings. The summed E-state index contributed by atoms with van der Waals surface area (Å²) in [5.41, 5.74) is 0.0811. The maximum atomic E-state index is 15.0. The van der Waals surface area contributed by atoms with Gasteiger partial charge in [0.2, 0.25) is 0 Å². The average molecular weight is 462 g/mol. The van der Waals surface area contributed by atoms with Crippen molar-refractivity contribution in [1.82, 2.24) is 10.3 Å². The van der Waals surface area contributed by atoms with Gasteiger partial charge in [-0.1, -0.05) is 0 Å². The highest BCUT2D eigenvalue weighted by molar-refractivity contribution is 5.84. The number of ether oxygens (including phenoxy) is 5. The molecule has 10 heteroatoms. The highest BCUT2D eigenvalue weighted by atomic mass is 19.1. The Labute approximate surface area is 190 Å². The molecule has 1 aromatic heterocycles. The van der Waals surface area contributed by atoms with Gasteiger partial charge in [-0.25, -0.2) is 14.0 Å². The first-order valence-electron chi connectivity index (χ1n) is 10.7. The third-order valence-corrected chi connectivity index (χ3v) is 5.51. The van der Waals surface area contributed by atoms with E-state index in [-0.39, 0.29) is 18.2 Å². The number of aromatic nitrogens is 1. The number of amides is 1. The molecule has 4 atom stereocenters. The Balaban J connectivity index is 1.51. The molecule has 0 saturated carbocycles. The number of nitrogens with zero attached hydrogens (tertiary/aromatic N) is 1. The lowest BCUT2D eigenvalue weighted by Crippen LogP contribution is -2.47. The molecule has 178 valence electrons. The van der Waals surface area contributed by atoms with Crippen LogP contribution < -0.4 is 10.1 Å². The number of alkyl carbamates (subject to hydrolysis) is 1. The van der Waals surface area contributed by atoms with Crippen LogP contribution in [0.3, 0.4) is 0 Å². The number of benzene rings is 1. The van der Waals surface area contributed by atoms with Crippen LogP contribution in [0.4, 0.5) is 14.0 Å². The lowest BCUT2D eigenvalue weighted by atomic mass is 9.92. The molecule has 0 bridgehead atoms. The summed E-state index contributed by atoms with van der Waals surface area (Å²) in [6.07, 6.45) is -1.70. The van der Waals surface area contributed by atoms with Gasteiger partial charge in [0.1, 0.15) is 17.2 Å². The van der Waals surface area contributed by atoms with E-state index in [1.54, 1.807) is 39.0 Å². The van der Waals surface area contributed by atoms with E-state index in [9.17, 15) is 14.0 Å². The number of halogens is 1. The molecule has 33 heavy (non-hydrogen) atoms. The molecular weight excluding hydrogens is 435 g/mol. The van der Waals surface area contributed by atoms with Gasteiger partial charge in [-0.3, -0.25) is 4.98 Å². The summed E-state index contributed by atoms with van der Waals surface area (Å²) in [5, 5.41) is 3.24. The lowest BCUT2D eigenvalue weighted by Gasteiger charge is -2.33. The van der Waals surface area contributed by atoms with Crippen molar-refractivity contribution in [3.05, 3.63) is 35.8 Å². The molecule has 9 nitrogen and oxygen atoms in total. The number of hydrogen-bond acceptors (Lipinski definition) is 8. The van der Waals surface area contributed by atoms with E-state index in [1.807, 2.05) is 0 Å². The van der Waals surface area contributed by atoms with Crippen molar-refractivity contribution in [1.29, 1.82) is 0 Å². The number of carbonyl (C=O) groups is 2. The van der Waals surface area contributed by atoms with Crippen molar-refractivity contribution in [3.63, 3.8) is 0 Å². The standard InChI is InChI=1S/C23H27FN2O7/c1-23(2,3)33-21(27)26-12-5-8-17(30-11-12)19-20(32-22(28)31-19)18-14-9-13(29-4)6-7-16(14)25-10-15(18)24/h6-7,9-10,12,17,19-20H,5,8,11H2,1-4H3,(H,26,27)/t12-,17+,19?,20?/m1/s1. The molecule has 2 unspecified atom stereocenters. The van der Waals surface area contributed by atoms with Gasteiger partial charge in [0.05, 0.1) is 37.6 Å². The smallest absolute Gasteiger partial charge is 0.497 e. The predicted octanol–water partition coefficient (Wildman–Crippen LogP) is 4.03. The van der Waals surface area contributed by atoms with Crippen molar-refractivity contribution >= 4 is 23.2 Å². The molecule has 4 rings (SSSR count). The maximum absolute atomic E-state index is 15.0. The van der Waals surface area contributed by atoms with E-state index in [2.05, 4.69) is 10.3 Å². The minimum atomic E-state index is -1.02.